The Morgan fingerprint density at radius 3 is 2.32 bits per heavy atom. The van der Waals surface area contributed by atoms with Crippen LogP contribution in [0, 0.1) is 0 Å². The van der Waals surface area contributed by atoms with Crippen molar-refractivity contribution in [3.05, 3.63) is 70.7 Å². The molecule has 0 heterocycles. The largest absolute Gasteiger partial charge is 0.496 e. The molecule has 0 radical (unpaired) electrons. The van der Waals surface area contributed by atoms with Crippen molar-refractivity contribution >= 4 is 38.3 Å². The molecule has 3 nitrogen and oxygen atoms in total. The summed E-state index contributed by atoms with van der Waals surface area (Å²) in [6.45, 7) is 0. The quantitative estimate of drug-likeness (QED) is 0.728. The average Bonchev–Trinajstić information content (AvgIpc) is 2.55. The highest BCUT2D eigenvalue weighted by Gasteiger charge is 2.10. The number of nitrogens with one attached hydrogen (secondary N) is 1. The van der Waals surface area contributed by atoms with Crippen LogP contribution >= 0.6 is 15.9 Å². The summed E-state index contributed by atoms with van der Waals surface area (Å²) < 4.78 is 6.31. The first kappa shape index (κ1) is 14.6. The summed E-state index contributed by atoms with van der Waals surface area (Å²) in [5, 5.41) is 4.88. The summed E-state index contributed by atoms with van der Waals surface area (Å²) in [6.07, 6.45) is 0. The molecule has 0 unspecified atom stereocenters. The van der Waals surface area contributed by atoms with Gasteiger partial charge in [0, 0.05) is 26.5 Å². The van der Waals surface area contributed by atoms with E-state index in [1.807, 2.05) is 48.5 Å². The Kier molecular flexibility index (Phi) is 4.11. The van der Waals surface area contributed by atoms with Crippen molar-refractivity contribution in [3.63, 3.8) is 0 Å². The number of carbonyl (C=O) groups is 1. The lowest BCUT2D eigenvalue weighted by atomic mass is 10.1. The zero-order valence-electron chi connectivity index (χ0n) is 12.0. The maximum absolute atomic E-state index is 12.4. The molecule has 0 aliphatic rings. The van der Waals surface area contributed by atoms with E-state index in [9.17, 15) is 4.79 Å². The number of halogens is 1. The van der Waals surface area contributed by atoms with Crippen LogP contribution in [-0.2, 0) is 0 Å². The van der Waals surface area contributed by atoms with Gasteiger partial charge in [-0.3, -0.25) is 4.79 Å². The Morgan fingerprint density at radius 2 is 1.64 bits per heavy atom. The van der Waals surface area contributed by atoms with Crippen LogP contribution < -0.4 is 10.1 Å². The normalized spacial score (nSPS) is 10.5. The van der Waals surface area contributed by atoms with E-state index >= 15 is 0 Å². The van der Waals surface area contributed by atoms with Gasteiger partial charge in [0.05, 0.1) is 7.11 Å². The lowest BCUT2D eigenvalue weighted by molar-refractivity contribution is 0.102. The van der Waals surface area contributed by atoms with E-state index in [1.165, 1.54) is 0 Å². The lowest BCUT2D eigenvalue weighted by Gasteiger charge is -2.11. The van der Waals surface area contributed by atoms with Gasteiger partial charge in [-0.1, -0.05) is 40.2 Å². The van der Waals surface area contributed by atoms with Gasteiger partial charge < -0.3 is 10.1 Å². The average molecular weight is 356 g/mol. The van der Waals surface area contributed by atoms with Crippen LogP contribution in [0.1, 0.15) is 10.4 Å². The van der Waals surface area contributed by atoms with Crippen molar-refractivity contribution in [3.8, 4) is 5.75 Å². The first-order valence-corrected chi connectivity index (χ1v) is 7.61. The number of hydrogen-bond acceptors (Lipinski definition) is 2. The Morgan fingerprint density at radius 1 is 0.955 bits per heavy atom. The number of hydrogen-bond donors (Lipinski definition) is 1. The van der Waals surface area contributed by atoms with E-state index in [4.69, 9.17) is 4.74 Å². The van der Waals surface area contributed by atoms with Gasteiger partial charge in [0.25, 0.3) is 5.91 Å². The minimum absolute atomic E-state index is 0.136. The Labute approximate surface area is 137 Å². The van der Waals surface area contributed by atoms with Crippen LogP contribution in [0.2, 0.25) is 0 Å². The molecule has 3 aromatic carbocycles. The first-order chi connectivity index (χ1) is 10.7. The Balaban J connectivity index is 1.97. The number of benzene rings is 3. The van der Waals surface area contributed by atoms with Gasteiger partial charge >= 0.3 is 0 Å². The van der Waals surface area contributed by atoms with Gasteiger partial charge in [-0.25, -0.2) is 0 Å². The number of anilines is 1. The van der Waals surface area contributed by atoms with Crippen LogP contribution in [0.15, 0.2) is 65.1 Å². The number of methoxy groups -OCH3 is 1. The molecule has 0 spiro atoms. The van der Waals surface area contributed by atoms with Crippen LogP contribution in [0.5, 0.6) is 5.75 Å². The molecular weight excluding hydrogens is 342 g/mol. The highest BCUT2D eigenvalue weighted by atomic mass is 79.9. The summed E-state index contributed by atoms with van der Waals surface area (Å²) in [4.78, 5) is 12.4. The monoisotopic (exact) mass is 355 g/mol. The molecule has 0 saturated carbocycles. The van der Waals surface area contributed by atoms with E-state index in [0.29, 0.717) is 5.56 Å². The highest BCUT2D eigenvalue weighted by Crippen LogP contribution is 2.31. The predicted octanol–water partition coefficient (Wildman–Crippen LogP) is 4.86. The van der Waals surface area contributed by atoms with Gasteiger partial charge in [0.2, 0.25) is 0 Å². The molecule has 3 aromatic rings. The minimum Gasteiger partial charge on any atom is -0.496 e. The Bertz CT molecular complexity index is 828. The molecule has 0 aromatic heterocycles. The van der Waals surface area contributed by atoms with Crippen LogP contribution in [-0.4, -0.2) is 13.0 Å². The SMILES string of the molecule is COc1ccc(NC(=O)c2ccc(Br)cc2)c2ccccc12. The van der Waals surface area contributed by atoms with Crippen molar-refractivity contribution in [1.29, 1.82) is 0 Å². The first-order valence-electron chi connectivity index (χ1n) is 6.81. The second kappa shape index (κ2) is 6.20. The minimum atomic E-state index is -0.136. The topological polar surface area (TPSA) is 38.3 Å². The molecule has 0 aliphatic heterocycles. The highest BCUT2D eigenvalue weighted by molar-refractivity contribution is 9.10. The van der Waals surface area contributed by atoms with Gasteiger partial charge in [-0.15, -0.1) is 0 Å². The third-order valence-corrected chi connectivity index (χ3v) is 3.99. The van der Waals surface area contributed by atoms with E-state index in [1.54, 1.807) is 19.2 Å². The summed E-state index contributed by atoms with van der Waals surface area (Å²) >= 11 is 3.36. The smallest absolute Gasteiger partial charge is 0.255 e. The molecule has 0 bridgehead atoms. The van der Waals surface area contributed by atoms with Crippen molar-refractivity contribution in [2.45, 2.75) is 0 Å². The van der Waals surface area contributed by atoms with Crippen molar-refractivity contribution in [2.24, 2.45) is 0 Å². The third-order valence-electron chi connectivity index (χ3n) is 3.46. The number of fused-ring (bicyclic) bond motifs is 1. The molecule has 0 atom stereocenters. The number of ether oxygens (including phenoxy) is 1. The molecule has 3 rings (SSSR count). The van der Waals surface area contributed by atoms with Gasteiger partial charge in [0.15, 0.2) is 0 Å². The molecular formula is C18H14BrNO2. The van der Waals surface area contributed by atoms with Gasteiger partial charge in [0.1, 0.15) is 5.75 Å². The molecule has 110 valence electrons. The molecule has 0 saturated heterocycles. The van der Waals surface area contributed by atoms with Crippen molar-refractivity contribution < 1.29 is 9.53 Å². The van der Waals surface area contributed by atoms with E-state index in [2.05, 4.69) is 21.2 Å². The summed E-state index contributed by atoms with van der Waals surface area (Å²) in [5.74, 6) is 0.653. The zero-order chi connectivity index (χ0) is 15.5. The molecule has 0 fully saturated rings. The third kappa shape index (κ3) is 2.83. The summed E-state index contributed by atoms with van der Waals surface area (Å²) in [5.41, 5.74) is 1.38. The molecule has 0 aliphatic carbocycles. The van der Waals surface area contributed by atoms with Crippen molar-refractivity contribution in [2.75, 3.05) is 12.4 Å². The molecule has 22 heavy (non-hydrogen) atoms. The van der Waals surface area contributed by atoms with Gasteiger partial charge in [-0.2, -0.15) is 0 Å². The maximum atomic E-state index is 12.4. The second-order valence-corrected chi connectivity index (χ2v) is 5.74. The molecule has 4 heteroatoms. The van der Waals surface area contributed by atoms with E-state index < -0.39 is 0 Å². The number of rotatable bonds is 3. The number of amides is 1. The van der Waals surface area contributed by atoms with Crippen molar-refractivity contribution in [1.82, 2.24) is 0 Å². The van der Waals surface area contributed by atoms with E-state index in [-0.39, 0.29) is 5.91 Å². The zero-order valence-corrected chi connectivity index (χ0v) is 13.6. The summed E-state index contributed by atoms with van der Waals surface area (Å²) in [6, 6.07) is 18.8. The van der Waals surface area contributed by atoms with Crippen LogP contribution in [0.4, 0.5) is 5.69 Å². The predicted molar refractivity (Wildman–Crippen MR) is 92.6 cm³/mol. The van der Waals surface area contributed by atoms with E-state index in [0.717, 1.165) is 26.7 Å². The standard InChI is InChI=1S/C18H14BrNO2/c1-22-17-11-10-16(14-4-2-3-5-15(14)17)20-18(21)12-6-8-13(19)9-7-12/h2-11H,1H3,(H,20,21). The second-order valence-electron chi connectivity index (χ2n) is 4.82. The lowest BCUT2D eigenvalue weighted by Crippen LogP contribution is -2.12. The van der Waals surface area contributed by atoms with Gasteiger partial charge in [-0.05, 0) is 36.4 Å². The Hall–Kier alpha value is -2.33. The molecule has 1 amide bonds. The molecule has 1 N–H and O–H groups in total. The fraction of sp³-hybridized carbons (Fsp3) is 0.0556. The van der Waals surface area contributed by atoms with Crippen LogP contribution in [0.25, 0.3) is 10.8 Å². The maximum Gasteiger partial charge on any atom is 0.255 e. The number of carbonyl (C=O) groups excluding carboxylic acids is 1. The fourth-order valence-corrected chi connectivity index (χ4v) is 2.62. The summed E-state index contributed by atoms with van der Waals surface area (Å²) in [7, 11) is 1.64. The van der Waals surface area contributed by atoms with Crippen LogP contribution in [0.3, 0.4) is 0 Å². The fourth-order valence-electron chi connectivity index (χ4n) is 2.35.